The van der Waals surface area contributed by atoms with Gasteiger partial charge in [0.2, 0.25) is 0 Å². The standard InChI is InChI=1S/C24H22N6O2/c25-24(26)29-18-8-6-17(7-9-18)23(32)28-19-10-11-22-20(14-19)27-15-30(22)21(12-13-31)16-4-2-1-3-5-16/h1-11,13-15,21H,12H2,(H,28,32)(H4,25,26,29). The molecular formula is C24H22N6O2. The minimum Gasteiger partial charge on any atom is -0.370 e. The lowest BCUT2D eigenvalue weighted by molar-refractivity contribution is -0.108. The van der Waals surface area contributed by atoms with Crippen molar-refractivity contribution in [2.24, 2.45) is 16.5 Å². The lowest BCUT2D eigenvalue weighted by atomic mass is 10.0. The number of fused-ring (bicyclic) bond motifs is 1. The smallest absolute Gasteiger partial charge is 0.255 e. The molecule has 4 aromatic rings. The van der Waals surface area contributed by atoms with Crippen LogP contribution in [-0.2, 0) is 4.79 Å². The van der Waals surface area contributed by atoms with Crippen molar-refractivity contribution in [3.05, 3.63) is 90.3 Å². The molecule has 5 N–H and O–H groups in total. The molecule has 0 radical (unpaired) electrons. The fraction of sp³-hybridized carbons (Fsp3) is 0.0833. The molecule has 0 saturated heterocycles. The first kappa shape index (κ1) is 20.8. The lowest BCUT2D eigenvalue weighted by Gasteiger charge is -2.17. The maximum absolute atomic E-state index is 12.6. The minimum absolute atomic E-state index is 0.0439. The molecular weight excluding hydrogens is 404 g/mol. The third-order valence-electron chi connectivity index (χ3n) is 5.06. The van der Waals surface area contributed by atoms with Crippen LogP contribution >= 0.6 is 0 Å². The maximum atomic E-state index is 12.6. The van der Waals surface area contributed by atoms with Gasteiger partial charge in [0.15, 0.2) is 5.96 Å². The van der Waals surface area contributed by atoms with Crippen molar-refractivity contribution >= 4 is 40.6 Å². The highest BCUT2D eigenvalue weighted by Gasteiger charge is 2.16. The van der Waals surface area contributed by atoms with Gasteiger partial charge >= 0.3 is 0 Å². The van der Waals surface area contributed by atoms with E-state index in [9.17, 15) is 9.59 Å². The second-order valence-electron chi connectivity index (χ2n) is 7.22. The largest absolute Gasteiger partial charge is 0.370 e. The number of guanidine groups is 1. The number of imidazole rings is 1. The van der Waals surface area contributed by atoms with Gasteiger partial charge in [-0.25, -0.2) is 9.98 Å². The molecule has 8 nitrogen and oxygen atoms in total. The summed E-state index contributed by atoms with van der Waals surface area (Å²) < 4.78 is 1.98. The van der Waals surface area contributed by atoms with E-state index in [-0.39, 0.29) is 17.9 Å². The molecule has 1 heterocycles. The zero-order valence-corrected chi connectivity index (χ0v) is 17.2. The lowest BCUT2D eigenvalue weighted by Crippen LogP contribution is -2.21. The Kier molecular flexibility index (Phi) is 5.94. The monoisotopic (exact) mass is 426 g/mol. The molecule has 0 aliphatic carbocycles. The molecule has 4 rings (SSSR count). The predicted octanol–water partition coefficient (Wildman–Crippen LogP) is 3.37. The number of nitrogens with two attached hydrogens (primary N) is 2. The summed E-state index contributed by atoms with van der Waals surface area (Å²) in [6.07, 6.45) is 2.97. The number of carbonyl (C=O) groups excluding carboxylic acids is 2. The van der Waals surface area contributed by atoms with Crippen LogP contribution in [0, 0.1) is 0 Å². The number of amides is 1. The predicted molar refractivity (Wildman–Crippen MR) is 125 cm³/mol. The summed E-state index contributed by atoms with van der Waals surface area (Å²) in [5, 5.41) is 2.88. The fourth-order valence-corrected chi connectivity index (χ4v) is 3.57. The number of nitrogens with one attached hydrogen (secondary N) is 1. The fourth-order valence-electron chi connectivity index (χ4n) is 3.57. The second kappa shape index (κ2) is 9.13. The highest BCUT2D eigenvalue weighted by atomic mass is 16.1. The Bertz CT molecular complexity index is 1280. The van der Waals surface area contributed by atoms with Crippen molar-refractivity contribution < 1.29 is 9.59 Å². The molecule has 32 heavy (non-hydrogen) atoms. The van der Waals surface area contributed by atoms with Crippen molar-refractivity contribution in [1.29, 1.82) is 0 Å². The molecule has 1 amide bonds. The number of hydrogen-bond donors (Lipinski definition) is 3. The van der Waals surface area contributed by atoms with E-state index in [1.165, 1.54) is 0 Å². The Hall–Kier alpha value is -4.46. The molecule has 0 spiro atoms. The summed E-state index contributed by atoms with van der Waals surface area (Å²) in [6, 6.07) is 21.8. The maximum Gasteiger partial charge on any atom is 0.255 e. The third kappa shape index (κ3) is 4.49. The van der Waals surface area contributed by atoms with Crippen molar-refractivity contribution in [2.45, 2.75) is 12.5 Å². The zero-order chi connectivity index (χ0) is 22.5. The van der Waals surface area contributed by atoms with Gasteiger partial charge in [0, 0.05) is 17.7 Å². The summed E-state index contributed by atoms with van der Waals surface area (Å²) >= 11 is 0. The highest BCUT2D eigenvalue weighted by molar-refractivity contribution is 6.05. The summed E-state index contributed by atoms with van der Waals surface area (Å²) in [7, 11) is 0. The highest BCUT2D eigenvalue weighted by Crippen LogP contribution is 2.27. The van der Waals surface area contributed by atoms with Crippen LogP contribution in [0.15, 0.2) is 84.1 Å². The quantitative estimate of drug-likeness (QED) is 0.237. The van der Waals surface area contributed by atoms with Crippen molar-refractivity contribution in [3.63, 3.8) is 0 Å². The summed E-state index contributed by atoms with van der Waals surface area (Å²) in [5.41, 5.74) is 15.0. The van der Waals surface area contributed by atoms with Gasteiger partial charge in [0.1, 0.15) is 6.29 Å². The number of benzene rings is 3. The average molecular weight is 426 g/mol. The van der Waals surface area contributed by atoms with E-state index in [0.717, 1.165) is 22.9 Å². The third-order valence-corrected chi connectivity index (χ3v) is 5.06. The van der Waals surface area contributed by atoms with Crippen LogP contribution in [0.3, 0.4) is 0 Å². The topological polar surface area (TPSA) is 128 Å². The minimum atomic E-state index is -0.261. The van der Waals surface area contributed by atoms with Crippen LogP contribution in [0.4, 0.5) is 11.4 Å². The molecule has 1 atom stereocenters. The van der Waals surface area contributed by atoms with Gasteiger partial charge in [-0.2, -0.15) is 0 Å². The first-order valence-electron chi connectivity index (χ1n) is 10.0. The Morgan fingerprint density at radius 3 is 2.50 bits per heavy atom. The van der Waals surface area contributed by atoms with Crippen LogP contribution in [0.25, 0.3) is 11.0 Å². The van der Waals surface area contributed by atoms with Gasteiger partial charge in [0.05, 0.1) is 29.1 Å². The molecule has 3 aromatic carbocycles. The van der Waals surface area contributed by atoms with Crippen molar-refractivity contribution in [1.82, 2.24) is 9.55 Å². The van der Waals surface area contributed by atoms with Gasteiger partial charge in [-0.3, -0.25) is 4.79 Å². The van der Waals surface area contributed by atoms with Crippen molar-refractivity contribution in [2.75, 3.05) is 5.32 Å². The van der Waals surface area contributed by atoms with E-state index in [1.54, 1.807) is 36.7 Å². The van der Waals surface area contributed by atoms with E-state index in [4.69, 9.17) is 11.5 Å². The number of aldehydes is 1. The molecule has 0 aliphatic rings. The average Bonchev–Trinajstić information content (AvgIpc) is 3.21. The summed E-state index contributed by atoms with van der Waals surface area (Å²) in [6.45, 7) is 0. The molecule has 1 unspecified atom stereocenters. The number of aromatic nitrogens is 2. The Labute approximate surface area is 184 Å². The number of hydrogen-bond acceptors (Lipinski definition) is 4. The van der Waals surface area contributed by atoms with Crippen LogP contribution in [0.5, 0.6) is 0 Å². The summed E-state index contributed by atoms with van der Waals surface area (Å²) in [5.74, 6) is -0.305. The van der Waals surface area contributed by atoms with E-state index in [0.29, 0.717) is 23.4 Å². The first-order chi connectivity index (χ1) is 15.5. The molecule has 160 valence electrons. The van der Waals surface area contributed by atoms with Crippen LogP contribution in [-0.4, -0.2) is 27.7 Å². The first-order valence-corrected chi connectivity index (χ1v) is 10.0. The number of anilines is 1. The van der Waals surface area contributed by atoms with Crippen LogP contribution in [0.1, 0.15) is 28.4 Å². The molecule has 0 fully saturated rings. The molecule has 0 saturated carbocycles. The summed E-state index contributed by atoms with van der Waals surface area (Å²) in [4.78, 5) is 32.3. The van der Waals surface area contributed by atoms with Crippen LogP contribution in [0.2, 0.25) is 0 Å². The van der Waals surface area contributed by atoms with Gasteiger partial charge in [-0.15, -0.1) is 0 Å². The molecule has 0 aliphatic heterocycles. The molecule has 0 bridgehead atoms. The van der Waals surface area contributed by atoms with Gasteiger partial charge in [-0.05, 0) is 48.0 Å². The number of nitrogens with zero attached hydrogens (tertiary/aromatic N) is 3. The Balaban J connectivity index is 1.56. The number of rotatable bonds is 7. The van der Waals surface area contributed by atoms with Crippen LogP contribution < -0.4 is 16.8 Å². The van der Waals surface area contributed by atoms with Crippen molar-refractivity contribution in [3.8, 4) is 0 Å². The van der Waals surface area contributed by atoms with E-state index < -0.39 is 0 Å². The number of aliphatic imine (C=N–C) groups is 1. The van der Waals surface area contributed by atoms with Gasteiger partial charge < -0.3 is 26.1 Å². The van der Waals surface area contributed by atoms with E-state index in [2.05, 4.69) is 15.3 Å². The zero-order valence-electron chi connectivity index (χ0n) is 17.2. The Morgan fingerprint density at radius 2 is 1.81 bits per heavy atom. The van der Waals surface area contributed by atoms with E-state index >= 15 is 0 Å². The van der Waals surface area contributed by atoms with E-state index in [1.807, 2.05) is 47.0 Å². The molecule has 1 aromatic heterocycles. The molecule has 8 heteroatoms. The van der Waals surface area contributed by atoms with Gasteiger partial charge in [-0.1, -0.05) is 30.3 Å². The van der Waals surface area contributed by atoms with Gasteiger partial charge in [0.25, 0.3) is 5.91 Å². The number of carbonyl (C=O) groups is 2. The normalized spacial score (nSPS) is 11.6. The second-order valence-corrected chi connectivity index (χ2v) is 7.22. The SMILES string of the molecule is NC(N)=Nc1ccc(C(=O)Nc2ccc3c(c2)ncn3C(CC=O)c2ccccc2)cc1. The Morgan fingerprint density at radius 1 is 1.06 bits per heavy atom.